The number of amides is 2. The lowest BCUT2D eigenvalue weighted by atomic mass is 10.1. The Balaban J connectivity index is 1.62. The Morgan fingerprint density at radius 2 is 2.00 bits per heavy atom. The lowest BCUT2D eigenvalue weighted by Gasteiger charge is -2.08. The number of nitrogens with one attached hydrogen (secondary N) is 2. The second kappa shape index (κ2) is 8.43. The van der Waals surface area contributed by atoms with Crippen LogP contribution in [0.3, 0.4) is 0 Å². The molecule has 8 nitrogen and oxygen atoms in total. The molecule has 0 aliphatic heterocycles. The van der Waals surface area contributed by atoms with Crippen LogP contribution in [0.2, 0.25) is 0 Å². The maximum atomic E-state index is 12.1. The minimum absolute atomic E-state index is 0.131. The van der Waals surface area contributed by atoms with Gasteiger partial charge >= 0.3 is 5.91 Å². The Kier molecular flexibility index (Phi) is 5.78. The van der Waals surface area contributed by atoms with Crippen LogP contribution in [0.4, 0.5) is 0 Å². The van der Waals surface area contributed by atoms with E-state index in [1.54, 1.807) is 13.2 Å². The number of hydrogen-bond acceptors (Lipinski definition) is 5. The van der Waals surface area contributed by atoms with Crippen LogP contribution >= 0.6 is 0 Å². The first-order valence-electron chi connectivity index (χ1n) is 8.82. The normalized spacial score (nSPS) is 10.5. The van der Waals surface area contributed by atoms with Crippen molar-refractivity contribution >= 4 is 11.8 Å². The molecule has 2 heterocycles. The third-order valence-electron chi connectivity index (χ3n) is 4.40. The zero-order valence-corrected chi connectivity index (χ0v) is 16.0. The van der Waals surface area contributed by atoms with Crippen molar-refractivity contribution in [3.63, 3.8) is 0 Å². The zero-order valence-electron chi connectivity index (χ0n) is 16.0. The average Bonchev–Trinajstić information content (AvgIpc) is 3.33. The van der Waals surface area contributed by atoms with Gasteiger partial charge in [-0.15, -0.1) is 0 Å². The molecule has 2 aromatic heterocycles. The third kappa shape index (κ3) is 4.22. The van der Waals surface area contributed by atoms with Gasteiger partial charge < -0.3 is 9.15 Å². The topological polar surface area (TPSA) is 98.4 Å². The predicted molar refractivity (Wildman–Crippen MR) is 102 cm³/mol. The molecule has 3 rings (SSSR count). The van der Waals surface area contributed by atoms with Crippen LogP contribution in [0, 0.1) is 13.8 Å². The lowest BCUT2D eigenvalue weighted by molar-refractivity contribution is -0.121. The number of aromatic nitrogens is 2. The molecular weight excluding hydrogens is 360 g/mol. The van der Waals surface area contributed by atoms with Crippen LogP contribution in [0.15, 0.2) is 47.1 Å². The van der Waals surface area contributed by atoms with Gasteiger partial charge in [-0.2, -0.15) is 5.10 Å². The first-order chi connectivity index (χ1) is 13.5. The van der Waals surface area contributed by atoms with Crippen molar-refractivity contribution in [3.8, 4) is 11.4 Å². The number of furan rings is 1. The smallest absolute Gasteiger partial charge is 0.305 e. The molecule has 0 saturated carbocycles. The summed E-state index contributed by atoms with van der Waals surface area (Å²) in [6.07, 6.45) is 2.11. The number of methoxy groups -OCH3 is 1. The number of benzene rings is 1. The van der Waals surface area contributed by atoms with E-state index in [2.05, 4.69) is 16.0 Å². The van der Waals surface area contributed by atoms with Crippen molar-refractivity contribution in [1.82, 2.24) is 20.6 Å². The molecule has 0 atom stereocenters. The Hall–Kier alpha value is -3.55. The van der Waals surface area contributed by atoms with Crippen LogP contribution in [-0.4, -0.2) is 28.7 Å². The molecule has 2 N–H and O–H groups in total. The van der Waals surface area contributed by atoms with E-state index in [1.165, 1.54) is 12.3 Å². The highest BCUT2D eigenvalue weighted by Gasteiger charge is 2.15. The highest BCUT2D eigenvalue weighted by Crippen LogP contribution is 2.22. The van der Waals surface area contributed by atoms with Gasteiger partial charge in [0.15, 0.2) is 5.76 Å². The molecule has 0 unspecified atom stereocenters. The van der Waals surface area contributed by atoms with Crippen molar-refractivity contribution in [3.05, 3.63) is 65.4 Å². The molecule has 0 aliphatic carbocycles. The number of hydrogen-bond donors (Lipinski definition) is 2. The van der Waals surface area contributed by atoms with Gasteiger partial charge in [0.1, 0.15) is 5.75 Å². The van der Waals surface area contributed by atoms with Gasteiger partial charge in [-0.3, -0.25) is 20.4 Å². The van der Waals surface area contributed by atoms with E-state index in [0.717, 1.165) is 28.4 Å². The van der Waals surface area contributed by atoms with Gasteiger partial charge in [0.05, 0.1) is 24.8 Å². The molecule has 2 amide bonds. The largest absolute Gasteiger partial charge is 0.497 e. The SMILES string of the molecule is COc1cccc(-n2nc(C)c(CCC(=O)NNC(=O)c3ccco3)c2C)c1. The predicted octanol–water partition coefficient (Wildman–Crippen LogP) is 2.48. The van der Waals surface area contributed by atoms with Gasteiger partial charge in [0.25, 0.3) is 0 Å². The van der Waals surface area contributed by atoms with Crippen molar-refractivity contribution in [2.75, 3.05) is 7.11 Å². The zero-order chi connectivity index (χ0) is 20.1. The molecule has 28 heavy (non-hydrogen) atoms. The minimum Gasteiger partial charge on any atom is -0.497 e. The minimum atomic E-state index is -0.503. The molecular formula is C20H22N4O4. The van der Waals surface area contributed by atoms with Gasteiger partial charge in [-0.05, 0) is 50.1 Å². The maximum absolute atomic E-state index is 12.1. The average molecular weight is 382 g/mol. The van der Waals surface area contributed by atoms with Crippen LogP contribution in [0.25, 0.3) is 5.69 Å². The first-order valence-corrected chi connectivity index (χ1v) is 8.82. The van der Waals surface area contributed by atoms with Gasteiger partial charge in [-0.25, -0.2) is 4.68 Å². The quantitative estimate of drug-likeness (QED) is 0.638. The molecule has 0 aliphatic rings. The fraction of sp³-hybridized carbons (Fsp3) is 0.250. The molecule has 1 aromatic carbocycles. The molecule has 0 saturated heterocycles. The summed E-state index contributed by atoms with van der Waals surface area (Å²) in [5.74, 6) is 0.0780. The van der Waals surface area contributed by atoms with Crippen LogP contribution in [0.1, 0.15) is 33.9 Å². The summed E-state index contributed by atoms with van der Waals surface area (Å²) in [5.41, 5.74) is 8.42. The van der Waals surface area contributed by atoms with Crippen LogP contribution < -0.4 is 15.6 Å². The Morgan fingerprint density at radius 3 is 2.71 bits per heavy atom. The number of carbonyl (C=O) groups excluding carboxylic acids is 2. The Morgan fingerprint density at radius 1 is 1.18 bits per heavy atom. The van der Waals surface area contributed by atoms with E-state index in [9.17, 15) is 9.59 Å². The standard InChI is InChI=1S/C20H22N4O4/c1-13-17(9-10-19(25)21-22-20(26)18-8-5-11-28-18)14(2)24(23-13)15-6-4-7-16(12-15)27-3/h4-8,11-12H,9-10H2,1-3H3,(H,21,25)(H,22,26). The van der Waals surface area contributed by atoms with E-state index in [-0.39, 0.29) is 18.1 Å². The molecule has 0 fully saturated rings. The lowest BCUT2D eigenvalue weighted by Crippen LogP contribution is -2.41. The Bertz CT molecular complexity index is 976. The summed E-state index contributed by atoms with van der Waals surface area (Å²) in [6, 6.07) is 10.7. The van der Waals surface area contributed by atoms with E-state index in [0.29, 0.717) is 6.42 Å². The summed E-state index contributed by atoms with van der Waals surface area (Å²) in [6.45, 7) is 3.88. The van der Waals surface area contributed by atoms with E-state index in [4.69, 9.17) is 9.15 Å². The van der Waals surface area contributed by atoms with Gasteiger partial charge in [-0.1, -0.05) is 6.07 Å². The van der Waals surface area contributed by atoms with E-state index < -0.39 is 5.91 Å². The van der Waals surface area contributed by atoms with E-state index >= 15 is 0 Å². The fourth-order valence-corrected chi connectivity index (χ4v) is 2.93. The number of rotatable bonds is 6. The summed E-state index contributed by atoms with van der Waals surface area (Å²) < 4.78 is 12.1. The monoisotopic (exact) mass is 382 g/mol. The molecule has 146 valence electrons. The van der Waals surface area contributed by atoms with Crippen molar-refractivity contribution in [2.24, 2.45) is 0 Å². The number of aryl methyl sites for hydroxylation is 1. The highest BCUT2D eigenvalue weighted by atomic mass is 16.5. The Labute approximate surface area is 162 Å². The summed E-state index contributed by atoms with van der Waals surface area (Å²) >= 11 is 0. The maximum Gasteiger partial charge on any atom is 0.305 e. The molecule has 0 bridgehead atoms. The summed E-state index contributed by atoms with van der Waals surface area (Å²) in [5, 5.41) is 4.59. The summed E-state index contributed by atoms with van der Waals surface area (Å²) in [7, 11) is 1.62. The van der Waals surface area contributed by atoms with Crippen molar-refractivity contribution in [1.29, 1.82) is 0 Å². The van der Waals surface area contributed by atoms with Gasteiger partial charge in [0, 0.05) is 18.2 Å². The fourth-order valence-electron chi connectivity index (χ4n) is 2.93. The van der Waals surface area contributed by atoms with Crippen LogP contribution in [-0.2, 0) is 11.2 Å². The second-order valence-electron chi connectivity index (χ2n) is 6.24. The summed E-state index contributed by atoms with van der Waals surface area (Å²) in [4.78, 5) is 23.8. The number of hydrazine groups is 1. The third-order valence-corrected chi connectivity index (χ3v) is 4.40. The molecule has 8 heteroatoms. The second-order valence-corrected chi connectivity index (χ2v) is 6.24. The van der Waals surface area contributed by atoms with Crippen molar-refractivity contribution < 1.29 is 18.7 Å². The van der Waals surface area contributed by atoms with Gasteiger partial charge in [0.2, 0.25) is 5.91 Å². The number of nitrogens with zero attached hydrogens (tertiary/aromatic N) is 2. The number of carbonyl (C=O) groups is 2. The van der Waals surface area contributed by atoms with E-state index in [1.807, 2.05) is 42.8 Å². The number of ether oxygens (including phenoxy) is 1. The molecule has 0 radical (unpaired) electrons. The molecule has 0 spiro atoms. The molecule has 3 aromatic rings. The highest BCUT2D eigenvalue weighted by molar-refractivity contribution is 5.92. The van der Waals surface area contributed by atoms with Crippen LogP contribution in [0.5, 0.6) is 5.75 Å². The first kappa shape index (κ1) is 19.2. The van der Waals surface area contributed by atoms with Crippen molar-refractivity contribution in [2.45, 2.75) is 26.7 Å².